The van der Waals surface area contributed by atoms with Gasteiger partial charge in [0, 0.05) is 17.5 Å². The normalized spacial score (nSPS) is 14.4. The van der Waals surface area contributed by atoms with Crippen molar-refractivity contribution >= 4 is 28.5 Å². The van der Waals surface area contributed by atoms with Crippen molar-refractivity contribution in [3.05, 3.63) is 48.5 Å². The van der Waals surface area contributed by atoms with Crippen LogP contribution in [-0.4, -0.2) is 35.1 Å². The number of nitrogens with one attached hydrogen (secondary N) is 1. The lowest BCUT2D eigenvalue weighted by Crippen LogP contribution is -2.26. The molecule has 0 unspecified atom stereocenters. The van der Waals surface area contributed by atoms with Crippen LogP contribution in [0.3, 0.4) is 0 Å². The maximum Gasteiger partial charge on any atom is 0.162 e. The number of hydrogen-bond acceptors (Lipinski definition) is 5. The lowest BCUT2D eigenvalue weighted by atomic mass is 10.1. The van der Waals surface area contributed by atoms with E-state index >= 15 is 0 Å². The fourth-order valence-corrected chi connectivity index (χ4v) is 3.55. The third-order valence-electron chi connectivity index (χ3n) is 4.20. The number of ether oxygens (including phenoxy) is 1. The van der Waals surface area contributed by atoms with Gasteiger partial charge in [-0.1, -0.05) is 24.3 Å². The van der Waals surface area contributed by atoms with Crippen LogP contribution in [0.2, 0.25) is 0 Å². The number of aromatic nitrogens is 2. The maximum atomic E-state index is 5.32. The van der Waals surface area contributed by atoms with E-state index in [9.17, 15) is 0 Å². The quantitative estimate of drug-likeness (QED) is 0.760. The molecule has 1 aliphatic heterocycles. The number of benzene rings is 2. The second-order valence-electron chi connectivity index (χ2n) is 5.93. The van der Waals surface area contributed by atoms with Gasteiger partial charge >= 0.3 is 0 Å². The smallest absolute Gasteiger partial charge is 0.162 e. The Morgan fingerprint density at radius 3 is 2.79 bits per heavy atom. The largest absolute Gasteiger partial charge is 0.497 e. The molecule has 4 nitrogen and oxygen atoms in total. The average molecular weight is 337 g/mol. The number of hydrogen-bond donors (Lipinski definition) is 1. The summed E-state index contributed by atoms with van der Waals surface area (Å²) in [7, 11) is 1.67. The van der Waals surface area contributed by atoms with Gasteiger partial charge in [-0.15, -0.1) is 0 Å². The van der Waals surface area contributed by atoms with Gasteiger partial charge in [0.2, 0.25) is 0 Å². The van der Waals surface area contributed by atoms with E-state index < -0.39 is 0 Å². The minimum absolute atomic E-state index is 0.720. The van der Waals surface area contributed by atoms with Crippen molar-refractivity contribution in [1.82, 2.24) is 9.97 Å². The van der Waals surface area contributed by atoms with Gasteiger partial charge in [0.05, 0.1) is 12.6 Å². The SMILES string of the molecule is COc1cccc(-c2nc(NCC3CSC3)c3ccccc3n2)c1. The average Bonchev–Trinajstić information content (AvgIpc) is 2.60. The number of para-hydroxylation sites is 1. The minimum Gasteiger partial charge on any atom is -0.497 e. The van der Waals surface area contributed by atoms with E-state index in [-0.39, 0.29) is 0 Å². The Morgan fingerprint density at radius 2 is 2.00 bits per heavy atom. The first-order valence-electron chi connectivity index (χ1n) is 8.06. The third-order valence-corrected chi connectivity index (χ3v) is 5.61. The molecule has 0 saturated carbocycles. The van der Waals surface area contributed by atoms with Crippen LogP contribution in [0.25, 0.3) is 22.3 Å². The minimum atomic E-state index is 0.720. The van der Waals surface area contributed by atoms with Crippen molar-refractivity contribution in [2.45, 2.75) is 0 Å². The summed E-state index contributed by atoms with van der Waals surface area (Å²) in [5.41, 5.74) is 1.91. The predicted molar refractivity (Wildman–Crippen MR) is 101 cm³/mol. The van der Waals surface area contributed by atoms with Crippen molar-refractivity contribution in [3.8, 4) is 17.1 Å². The molecule has 1 saturated heterocycles. The van der Waals surface area contributed by atoms with Gasteiger partial charge in [0.1, 0.15) is 11.6 Å². The Hall–Kier alpha value is -2.27. The van der Waals surface area contributed by atoms with Crippen LogP contribution in [0.1, 0.15) is 0 Å². The number of anilines is 1. The molecule has 0 amide bonds. The Kier molecular flexibility index (Phi) is 4.26. The lowest BCUT2D eigenvalue weighted by Gasteiger charge is -2.25. The molecule has 1 aromatic heterocycles. The number of rotatable bonds is 5. The second kappa shape index (κ2) is 6.69. The Balaban J connectivity index is 1.74. The highest BCUT2D eigenvalue weighted by atomic mass is 32.2. The van der Waals surface area contributed by atoms with E-state index in [4.69, 9.17) is 14.7 Å². The summed E-state index contributed by atoms with van der Waals surface area (Å²) in [6.45, 7) is 0.964. The third kappa shape index (κ3) is 3.04. The molecule has 1 fully saturated rings. The number of fused-ring (bicyclic) bond motifs is 1. The summed E-state index contributed by atoms with van der Waals surface area (Å²) < 4.78 is 5.32. The summed E-state index contributed by atoms with van der Waals surface area (Å²) in [6, 6.07) is 16.0. The zero-order valence-corrected chi connectivity index (χ0v) is 14.3. The first kappa shape index (κ1) is 15.3. The highest BCUT2D eigenvalue weighted by Crippen LogP contribution is 2.29. The molecule has 3 aromatic rings. The first-order valence-corrected chi connectivity index (χ1v) is 9.22. The van der Waals surface area contributed by atoms with Crippen LogP contribution in [0, 0.1) is 5.92 Å². The number of thioether (sulfide) groups is 1. The molecule has 1 N–H and O–H groups in total. The molecule has 0 atom stereocenters. The van der Waals surface area contributed by atoms with E-state index in [1.807, 2.05) is 54.2 Å². The van der Waals surface area contributed by atoms with Gasteiger partial charge in [-0.3, -0.25) is 0 Å². The van der Waals surface area contributed by atoms with Crippen LogP contribution in [0.15, 0.2) is 48.5 Å². The molecule has 0 aliphatic carbocycles. The topological polar surface area (TPSA) is 47.0 Å². The molecule has 0 spiro atoms. The zero-order chi connectivity index (χ0) is 16.4. The Labute approximate surface area is 145 Å². The van der Waals surface area contributed by atoms with E-state index in [0.29, 0.717) is 0 Å². The molecule has 1 aliphatic rings. The summed E-state index contributed by atoms with van der Waals surface area (Å²) in [6.07, 6.45) is 0. The molecule has 4 rings (SSSR count). The molecular weight excluding hydrogens is 318 g/mol. The monoisotopic (exact) mass is 337 g/mol. The lowest BCUT2D eigenvalue weighted by molar-refractivity contribution is 0.415. The predicted octanol–water partition coefficient (Wildman–Crippen LogP) is 4.08. The molecule has 2 heterocycles. The summed E-state index contributed by atoms with van der Waals surface area (Å²) in [4.78, 5) is 9.52. The zero-order valence-electron chi connectivity index (χ0n) is 13.5. The van der Waals surface area contributed by atoms with E-state index in [0.717, 1.165) is 46.3 Å². The first-order chi connectivity index (χ1) is 11.8. The van der Waals surface area contributed by atoms with Crippen LogP contribution in [0.5, 0.6) is 5.75 Å². The Bertz CT molecular complexity index is 864. The molecule has 0 bridgehead atoms. The fourth-order valence-electron chi connectivity index (χ4n) is 2.75. The molecular formula is C19H19N3OS. The molecule has 2 aromatic carbocycles. The van der Waals surface area contributed by atoms with E-state index in [2.05, 4.69) is 11.4 Å². The standard InChI is InChI=1S/C19H19N3OS/c1-23-15-6-4-5-14(9-15)18-21-17-8-3-2-7-16(17)19(22-18)20-10-13-11-24-12-13/h2-9,13H,10-12H2,1H3,(H,20,21,22). The van der Waals surface area contributed by atoms with Gasteiger partial charge in [0.15, 0.2) is 5.82 Å². The van der Waals surface area contributed by atoms with Crippen molar-refractivity contribution < 1.29 is 4.74 Å². The number of methoxy groups -OCH3 is 1. The van der Waals surface area contributed by atoms with Crippen LogP contribution < -0.4 is 10.1 Å². The van der Waals surface area contributed by atoms with E-state index in [1.54, 1.807) is 7.11 Å². The Morgan fingerprint density at radius 1 is 1.12 bits per heavy atom. The van der Waals surface area contributed by atoms with Crippen LogP contribution in [0.4, 0.5) is 5.82 Å². The summed E-state index contributed by atoms with van der Waals surface area (Å²) >= 11 is 2.00. The maximum absolute atomic E-state index is 5.32. The highest BCUT2D eigenvalue weighted by Gasteiger charge is 2.18. The molecule has 0 radical (unpaired) electrons. The number of nitrogens with zero attached hydrogens (tertiary/aromatic N) is 2. The summed E-state index contributed by atoms with van der Waals surface area (Å²) in [5.74, 6) is 5.65. The van der Waals surface area contributed by atoms with Gasteiger partial charge in [-0.25, -0.2) is 9.97 Å². The fraction of sp³-hybridized carbons (Fsp3) is 0.263. The highest BCUT2D eigenvalue weighted by molar-refractivity contribution is 8.00. The summed E-state index contributed by atoms with van der Waals surface area (Å²) in [5, 5.41) is 4.60. The molecule has 24 heavy (non-hydrogen) atoms. The second-order valence-corrected chi connectivity index (χ2v) is 7.00. The van der Waals surface area contributed by atoms with Gasteiger partial charge in [0.25, 0.3) is 0 Å². The van der Waals surface area contributed by atoms with Crippen molar-refractivity contribution in [1.29, 1.82) is 0 Å². The van der Waals surface area contributed by atoms with Gasteiger partial charge in [-0.2, -0.15) is 11.8 Å². The van der Waals surface area contributed by atoms with Crippen molar-refractivity contribution in [2.75, 3.05) is 30.5 Å². The van der Waals surface area contributed by atoms with Crippen LogP contribution in [-0.2, 0) is 0 Å². The van der Waals surface area contributed by atoms with Crippen molar-refractivity contribution in [3.63, 3.8) is 0 Å². The molecule has 122 valence electrons. The van der Waals surface area contributed by atoms with Gasteiger partial charge in [-0.05, 0) is 41.7 Å². The van der Waals surface area contributed by atoms with Gasteiger partial charge < -0.3 is 10.1 Å². The van der Waals surface area contributed by atoms with Crippen molar-refractivity contribution in [2.24, 2.45) is 5.92 Å². The molecule has 5 heteroatoms. The van der Waals surface area contributed by atoms with Crippen LogP contribution >= 0.6 is 11.8 Å². The van der Waals surface area contributed by atoms with E-state index in [1.165, 1.54) is 11.5 Å².